The second-order valence-corrected chi connectivity index (χ2v) is 10.4. The summed E-state index contributed by atoms with van der Waals surface area (Å²) in [5.74, 6) is -0.655. The van der Waals surface area contributed by atoms with Gasteiger partial charge in [0.25, 0.3) is 0 Å². The summed E-state index contributed by atoms with van der Waals surface area (Å²) in [7, 11) is 2.67. The number of alkyl halides is 6. The molecule has 0 atom stereocenters. The minimum Gasteiger partial charge on any atom is -0.497 e. The first-order chi connectivity index (χ1) is 24.7. The first-order valence-electron chi connectivity index (χ1n) is 14.7. The molecule has 0 aliphatic rings. The molecule has 2 aromatic heterocycles. The molecule has 0 aliphatic heterocycles. The van der Waals surface area contributed by atoms with Gasteiger partial charge >= 0.3 is 12.7 Å². The average Bonchev–Trinajstić information content (AvgIpc) is 3.10. The Bertz CT molecular complexity index is 1990. The normalized spacial score (nSPS) is 11.2. The molecule has 0 spiro atoms. The molecule has 0 saturated heterocycles. The van der Waals surface area contributed by atoms with Crippen LogP contribution in [0, 0.1) is 0 Å². The van der Waals surface area contributed by atoms with Gasteiger partial charge in [-0.15, -0.1) is 46.7 Å². The van der Waals surface area contributed by atoms with Gasteiger partial charge in [0, 0.05) is 34.4 Å². The Morgan fingerprint density at radius 1 is 0.442 bits per heavy atom. The highest BCUT2D eigenvalue weighted by Gasteiger charge is 2.32. The van der Waals surface area contributed by atoms with E-state index in [0.717, 1.165) is 12.1 Å². The molecule has 6 aromatic rings. The zero-order valence-electron chi connectivity index (χ0n) is 27.0. The summed E-state index contributed by atoms with van der Waals surface area (Å²) in [6.07, 6.45) is -9.67. The highest BCUT2D eigenvalue weighted by molar-refractivity contribution is 5.80. The number of nitrogens with zero attached hydrogens (tertiary/aromatic N) is 6. The molecule has 0 unspecified atom stereocenters. The van der Waals surface area contributed by atoms with E-state index in [2.05, 4.69) is 39.8 Å². The van der Waals surface area contributed by atoms with Crippen molar-refractivity contribution in [2.45, 2.75) is 12.7 Å². The highest BCUT2D eigenvalue weighted by Crippen LogP contribution is 2.37. The summed E-state index contributed by atoms with van der Waals surface area (Å²) in [4.78, 5) is 8.36. The van der Waals surface area contributed by atoms with Gasteiger partial charge in [-0.2, -0.15) is 0 Å². The quantitative estimate of drug-likeness (QED) is 0.150. The third kappa shape index (κ3) is 9.71. The van der Waals surface area contributed by atoms with Crippen molar-refractivity contribution >= 4 is 11.9 Å². The van der Waals surface area contributed by atoms with Gasteiger partial charge in [0.1, 0.15) is 45.8 Å². The second kappa shape index (κ2) is 15.4. The van der Waals surface area contributed by atoms with E-state index in [-0.39, 0.29) is 34.8 Å². The van der Waals surface area contributed by atoms with Gasteiger partial charge < -0.3 is 30.4 Å². The van der Waals surface area contributed by atoms with E-state index in [0.29, 0.717) is 33.6 Å². The van der Waals surface area contributed by atoms with Crippen molar-refractivity contribution in [2.24, 2.45) is 0 Å². The number of anilines is 2. The molecule has 18 heteroatoms. The van der Waals surface area contributed by atoms with E-state index >= 15 is 0 Å². The third-order valence-corrected chi connectivity index (χ3v) is 6.75. The van der Waals surface area contributed by atoms with E-state index in [1.54, 1.807) is 48.5 Å². The summed E-state index contributed by atoms with van der Waals surface area (Å²) < 4.78 is 93.7. The first-order valence-corrected chi connectivity index (χ1v) is 14.7. The summed E-state index contributed by atoms with van der Waals surface area (Å²) in [5, 5.41) is 15.4. The molecule has 0 bridgehead atoms. The van der Waals surface area contributed by atoms with Crippen molar-refractivity contribution in [1.29, 1.82) is 0 Å². The predicted octanol–water partition coefficient (Wildman–Crippen LogP) is 7.39. The van der Waals surface area contributed by atoms with Gasteiger partial charge in [0.2, 0.25) is 11.9 Å². The van der Waals surface area contributed by atoms with Crippen LogP contribution < -0.4 is 30.4 Å². The molecule has 2 heterocycles. The minimum absolute atomic E-state index is 0.0535. The maximum atomic E-state index is 12.6. The summed E-state index contributed by atoms with van der Waals surface area (Å²) in [5.41, 5.74) is 14.5. The smallest absolute Gasteiger partial charge is 0.497 e. The molecule has 0 fully saturated rings. The predicted molar refractivity (Wildman–Crippen MR) is 177 cm³/mol. The Morgan fingerprint density at radius 2 is 0.788 bits per heavy atom. The largest absolute Gasteiger partial charge is 0.573 e. The molecule has 0 aliphatic carbocycles. The number of hydrogen-bond donors (Lipinski definition) is 2. The number of methoxy groups -OCH3 is 2. The third-order valence-electron chi connectivity index (χ3n) is 6.75. The molecule has 268 valence electrons. The van der Waals surface area contributed by atoms with Gasteiger partial charge in [-0.1, -0.05) is 60.7 Å². The van der Waals surface area contributed by atoms with Crippen LogP contribution in [0.5, 0.6) is 23.0 Å². The lowest BCUT2D eigenvalue weighted by Crippen LogP contribution is -2.17. The molecular weight excluding hydrogens is 698 g/mol. The molecule has 12 nitrogen and oxygen atoms in total. The molecule has 0 radical (unpaired) electrons. The zero-order chi connectivity index (χ0) is 37.5. The van der Waals surface area contributed by atoms with Crippen LogP contribution in [0.2, 0.25) is 0 Å². The number of benzene rings is 4. The fourth-order valence-corrected chi connectivity index (χ4v) is 4.70. The van der Waals surface area contributed by atoms with E-state index < -0.39 is 24.2 Å². The maximum Gasteiger partial charge on any atom is 0.573 e. The summed E-state index contributed by atoms with van der Waals surface area (Å²) in [6, 6.07) is 25.6. The van der Waals surface area contributed by atoms with Crippen LogP contribution in [-0.2, 0) is 0 Å². The first kappa shape index (κ1) is 36.6. The number of nitrogens with two attached hydrogens (primary N) is 2. The Kier molecular flexibility index (Phi) is 10.9. The summed E-state index contributed by atoms with van der Waals surface area (Å²) in [6.45, 7) is 0. The molecule has 4 N–H and O–H groups in total. The zero-order valence-corrected chi connectivity index (χ0v) is 27.0. The molecule has 0 amide bonds. The van der Waals surface area contributed by atoms with E-state index in [1.807, 2.05) is 12.1 Å². The van der Waals surface area contributed by atoms with Gasteiger partial charge in [0.15, 0.2) is 0 Å². The SMILES string of the molecule is COc1cc(OC(F)(F)F)cc(-c2nnc(N)nc2-c2ccccc2)c1.COc1cc(OC(F)(F)F)cc(-c2nnc(N)nc2-c2ccccc2)c1. The molecule has 52 heavy (non-hydrogen) atoms. The lowest BCUT2D eigenvalue weighted by molar-refractivity contribution is -0.275. The molecule has 4 aromatic carbocycles. The maximum absolute atomic E-state index is 12.6. The van der Waals surface area contributed by atoms with Gasteiger partial charge in [-0.3, -0.25) is 0 Å². The number of nitrogen functional groups attached to an aromatic ring is 2. The summed E-state index contributed by atoms with van der Waals surface area (Å²) >= 11 is 0. The minimum atomic E-state index is -4.84. The van der Waals surface area contributed by atoms with Crippen LogP contribution in [0.4, 0.5) is 38.2 Å². The van der Waals surface area contributed by atoms with Crippen LogP contribution in [0.15, 0.2) is 97.1 Å². The monoisotopic (exact) mass is 724 g/mol. The number of rotatable bonds is 8. The Morgan fingerprint density at radius 3 is 1.12 bits per heavy atom. The van der Waals surface area contributed by atoms with E-state index in [9.17, 15) is 26.3 Å². The van der Waals surface area contributed by atoms with Crippen molar-refractivity contribution in [2.75, 3.05) is 25.7 Å². The number of hydrogen-bond acceptors (Lipinski definition) is 12. The van der Waals surface area contributed by atoms with E-state index in [4.69, 9.17) is 20.9 Å². The lowest BCUT2D eigenvalue weighted by Gasteiger charge is -2.13. The van der Waals surface area contributed by atoms with Crippen LogP contribution in [0.3, 0.4) is 0 Å². The van der Waals surface area contributed by atoms with Crippen LogP contribution in [-0.4, -0.2) is 57.3 Å². The van der Waals surface area contributed by atoms with Crippen molar-refractivity contribution in [3.63, 3.8) is 0 Å². The fraction of sp³-hybridized carbons (Fsp3) is 0.118. The van der Waals surface area contributed by atoms with E-state index in [1.165, 1.54) is 38.5 Å². The second-order valence-electron chi connectivity index (χ2n) is 10.4. The Balaban J connectivity index is 0.000000201. The van der Waals surface area contributed by atoms with Gasteiger partial charge in [-0.05, 0) is 24.3 Å². The van der Waals surface area contributed by atoms with Crippen LogP contribution in [0.25, 0.3) is 45.0 Å². The number of aromatic nitrogens is 6. The highest BCUT2D eigenvalue weighted by atomic mass is 19.4. The molecule has 0 saturated carbocycles. The fourth-order valence-electron chi connectivity index (χ4n) is 4.70. The lowest BCUT2D eigenvalue weighted by atomic mass is 10.0. The Hall–Kier alpha value is -6.72. The number of ether oxygens (including phenoxy) is 4. The van der Waals surface area contributed by atoms with Gasteiger partial charge in [-0.25, -0.2) is 9.97 Å². The van der Waals surface area contributed by atoms with Crippen molar-refractivity contribution in [1.82, 2.24) is 30.4 Å². The Labute approximate surface area is 291 Å². The van der Waals surface area contributed by atoms with Crippen molar-refractivity contribution < 1.29 is 45.3 Å². The standard InChI is InChI=1S/2C17H13F3N4O2/c2*1-25-12-7-11(8-13(9-12)26-17(18,19)20)15-14(22-16(21)24-23-15)10-5-3-2-4-6-10/h2*2-9H,1H3,(H2,21,22,24). The van der Waals surface area contributed by atoms with Crippen molar-refractivity contribution in [3.05, 3.63) is 97.1 Å². The topological polar surface area (TPSA) is 166 Å². The van der Waals surface area contributed by atoms with Crippen molar-refractivity contribution in [3.8, 4) is 68.0 Å². The molecular formula is C34H26F6N8O4. The van der Waals surface area contributed by atoms with Gasteiger partial charge in [0.05, 0.1) is 14.2 Å². The number of halogens is 6. The average molecular weight is 725 g/mol. The van der Waals surface area contributed by atoms with Crippen LogP contribution >= 0.6 is 0 Å². The van der Waals surface area contributed by atoms with Crippen LogP contribution in [0.1, 0.15) is 0 Å². The molecule has 6 rings (SSSR count).